The lowest BCUT2D eigenvalue weighted by molar-refractivity contribution is -0.385. The molecule has 2 aromatic rings. The molecular weight excluding hydrogens is 354 g/mol. The molecule has 1 aliphatic rings. The van der Waals surface area contributed by atoms with Crippen molar-refractivity contribution in [1.82, 2.24) is 4.57 Å². The Morgan fingerprint density at radius 1 is 1.30 bits per heavy atom. The fourth-order valence-corrected chi connectivity index (χ4v) is 2.91. The highest BCUT2D eigenvalue weighted by atomic mass is 16.6. The van der Waals surface area contributed by atoms with Gasteiger partial charge in [0.25, 0.3) is 17.2 Å². The Kier molecular flexibility index (Phi) is 4.52. The first-order valence-corrected chi connectivity index (χ1v) is 8.15. The number of fused-ring (bicyclic) bond motifs is 1. The van der Waals surface area contributed by atoms with Crippen LogP contribution in [0.1, 0.15) is 28.9 Å². The van der Waals surface area contributed by atoms with Crippen molar-refractivity contribution in [2.75, 3.05) is 18.6 Å². The van der Waals surface area contributed by atoms with Crippen LogP contribution in [-0.4, -0.2) is 34.8 Å². The molecule has 3 rings (SSSR count). The molecule has 0 bridgehead atoms. The van der Waals surface area contributed by atoms with Gasteiger partial charge in [-0.3, -0.25) is 29.1 Å². The predicted molar refractivity (Wildman–Crippen MR) is 96.5 cm³/mol. The number of nitrogens with zero attached hydrogens (tertiary/aromatic N) is 3. The number of ether oxygens (including phenoxy) is 1. The molecule has 0 aliphatic carbocycles. The fraction of sp³-hybridized carbons (Fsp3) is 0.278. The third-order valence-corrected chi connectivity index (χ3v) is 4.55. The van der Waals surface area contributed by atoms with E-state index < -0.39 is 22.3 Å². The highest BCUT2D eigenvalue weighted by Gasteiger charge is 2.26. The number of likely N-dealkylation sites (N-methyl/N-ethyl adjacent to an activating group) is 1. The number of pyridine rings is 1. The minimum atomic E-state index is -0.959. The Bertz CT molecular complexity index is 1030. The zero-order valence-corrected chi connectivity index (χ0v) is 15.0. The molecule has 9 heteroatoms. The van der Waals surface area contributed by atoms with E-state index in [0.717, 1.165) is 10.8 Å². The first kappa shape index (κ1) is 18.3. The molecule has 1 amide bonds. The lowest BCUT2D eigenvalue weighted by Gasteiger charge is -2.26. The van der Waals surface area contributed by atoms with Crippen molar-refractivity contribution in [3.05, 3.63) is 62.1 Å². The molecule has 0 N–H and O–H groups in total. The third-order valence-electron chi connectivity index (χ3n) is 4.55. The summed E-state index contributed by atoms with van der Waals surface area (Å²) >= 11 is 0. The standard InChI is InChI=1S/C18H17N3O6/c1-10-6-13(21(25)26)8-20(18(10)24)11(2)17(23)12-4-5-15-14(7-12)19(3)16(22)9-27-15/h4-8,11H,9H2,1-3H3. The van der Waals surface area contributed by atoms with Gasteiger partial charge in [0.05, 0.1) is 22.8 Å². The molecule has 27 heavy (non-hydrogen) atoms. The Morgan fingerprint density at radius 2 is 2.00 bits per heavy atom. The number of hydrogen-bond acceptors (Lipinski definition) is 6. The summed E-state index contributed by atoms with van der Waals surface area (Å²) in [6.45, 7) is 2.88. The van der Waals surface area contributed by atoms with Gasteiger partial charge >= 0.3 is 0 Å². The molecule has 2 heterocycles. The van der Waals surface area contributed by atoms with Crippen molar-refractivity contribution in [3.63, 3.8) is 0 Å². The van der Waals surface area contributed by atoms with E-state index in [1.54, 1.807) is 13.1 Å². The first-order chi connectivity index (χ1) is 12.7. The van der Waals surface area contributed by atoms with Crippen LogP contribution in [0.15, 0.2) is 35.3 Å². The van der Waals surface area contributed by atoms with Crippen molar-refractivity contribution >= 4 is 23.1 Å². The second-order valence-electron chi connectivity index (χ2n) is 6.32. The van der Waals surface area contributed by atoms with E-state index in [-0.39, 0.29) is 29.3 Å². The van der Waals surface area contributed by atoms with Crippen LogP contribution in [0, 0.1) is 17.0 Å². The monoisotopic (exact) mass is 371 g/mol. The van der Waals surface area contributed by atoms with Gasteiger partial charge < -0.3 is 9.64 Å². The van der Waals surface area contributed by atoms with Gasteiger partial charge in [0, 0.05) is 24.2 Å². The molecule has 0 radical (unpaired) electrons. The molecule has 140 valence electrons. The van der Waals surface area contributed by atoms with E-state index in [1.807, 2.05) is 0 Å². The maximum absolute atomic E-state index is 12.9. The maximum atomic E-state index is 12.9. The van der Waals surface area contributed by atoms with Gasteiger partial charge in [-0.2, -0.15) is 0 Å². The lowest BCUT2D eigenvalue weighted by Crippen LogP contribution is -2.35. The minimum absolute atomic E-state index is 0.0739. The Labute approximate surface area is 153 Å². The van der Waals surface area contributed by atoms with Crippen molar-refractivity contribution in [2.45, 2.75) is 19.9 Å². The van der Waals surface area contributed by atoms with Crippen LogP contribution in [0.4, 0.5) is 11.4 Å². The zero-order chi connectivity index (χ0) is 19.9. The van der Waals surface area contributed by atoms with E-state index in [2.05, 4.69) is 0 Å². The van der Waals surface area contributed by atoms with Gasteiger partial charge in [0.2, 0.25) is 0 Å². The molecule has 1 unspecified atom stereocenters. The van der Waals surface area contributed by atoms with E-state index in [4.69, 9.17) is 4.74 Å². The Hall–Kier alpha value is -3.49. The normalized spacial score (nSPS) is 14.3. The van der Waals surface area contributed by atoms with Crippen molar-refractivity contribution in [2.24, 2.45) is 0 Å². The maximum Gasteiger partial charge on any atom is 0.286 e. The number of benzene rings is 1. The second-order valence-corrected chi connectivity index (χ2v) is 6.32. The van der Waals surface area contributed by atoms with E-state index >= 15 is 0 Å². The number of carbonyl (C=O) groups excluding carboxylic acids is 2. The SMILES string of the molecule is Cc1cc([N+](=O)[O-])cn(C(C)C(=O)c2ccc3c(c2)N(C)C(=O)CO3)c1=O. The van der Waals surface area contributed by atoms with E-state index in [9.17, 15) is 24.5 Å². The molecular formula is C18H17N3O6. The smallest absolute Gasteiger partial charge is 0.286 e. The van der Waals surface area contributed by atoms with Gasteiger partial charge in [0.15, 0.2) is 12.4 Å². The Balaban J connectivity index is 2.01. The molecule has 0 fully saturated rings. The molecule has 9 nitrogen and oxygen atoms in total. The number of nitro groups is 1. The summed E-state index contributed by atoms with van der Waals surface area (Å²) < 4.78 is 6.39. The van der Waals surface area contributed by atoms with E-state index in [1.165, 1.54) is 36.9 Å². The summed E-state index contributed by atoms with van der Waals surface area (Å²) in [5.74, 6) is -0.179. The second kappa shape index (κ2) is 6.67. The number of hydrogen-bond donors (Lipinski definition) is 0. The van der Waals surface area contributed by atoms with Crippen LogP contribution in [-0.2, 0) is 4.79 Å². The topological polar surface area (TPSA) is 112 Å². The molecule has 1 aromatic heterocycles. The number of carbonyl (C=O) groups is 2. The number of rotatable bonds is 4. The number of ketones is 1. The van der Waals surface area contributed by atoms with Crippen LogP contribution in [0.2, 0.25) is 0 Å². The molecule has 0 saturated heterocycles. The third kappa shape index (κ3) is 3.19. The number of amides is 1. The average Bonchev–Trinajstić information content (AvgIpc) is 2.65. The largest absolute Gasteiger partial charge is 0.482 e. The summed E-state index contributed by atoms with van der Waals surface area (Å²) in [4.78, 5) is 48.9. The number of Topliss-reactive ketones (excluding diaryl/α,β-unsaturated/α-hetero) is 1. The molecule has 1 aliphatic heterocycles. The van der Waals surface area contributed by atoms with Gasteiger partial charge in [-0.25, -0.2) is 0 Å². The summed E-state index contributed by atoms with van der Waals surface area (Å²) in [6, 6.07) is 4.85. The minimum Gasteiger partial charge on any atom is -0.482 e. The zero-order valence-electron chi connectivity index (χ0n) is 15.0. The summed E-state index contributed by atoms with van der Waals surface area (Å²) in [6.07, 6.45) is 1.06. The quantitative estimate of drug-likeness (QED) is 0.461. The van der Waals surface area contributed by atoms with Gasteiger partial charge in [-0.15, -0.1) is 0 Å². The van der Waals surface area contributed by atoms with E-state index in [0.29, 0.717) is 11.4 Å². The number of aromatic nitrogens is 1. The lowest BCUT2D eigenvalue weighted by atomic mass is 10.0. The van der Waals surface area contributed by atoms with Crippen molar-refractivity contribution < 1.29 is 19.2 Å². The van der Waals surface area contributed by atoms with Crippen molar-refractivity contribution in [1.29, 1.82) is 0 Å². The molecule has 1 atom stereocenters. The Morgan fingerprint density at radius 3 is 2.67 bits per heavy atom. The average molecular weight is 371 g/mol. The molecule has 0 saturated carbocycles. The van der Waals surface area contributed by atoms with Crippen LogP contribution in [0.25, 0.3) is 0 Å². The van der Waals surface area contributed by atoms with Crippen LogP contribution in [0.3, 0.4) is 0 Å². The van der Waals surface area contributed by atoms with Crippen molar-refractivity contribution in [3.8, 4) is 5.75 Å². The molecule has 0 spiro atoms. The van der Waals surface area contributed by atoms with Crippen LogP contribution in [0.5, 0.6) is 5.75 Å². The summed E-state index contributed by atoms with van der Waals surface area (Å²) in [5.41, 5.74) is 0.147. The summed E-state index contributed by atoms with van der Waals surface area (Å²) in [5, 5.41) is 11.1. The fourth-order valence-electron chi connectivity index (χ4n) is 2.91. The summed E-state index contributed by atoms with van der Waals surface area (Å²) in [7, 11) is 1.58. The number of anilines is 1. The van der Waals surface area contributed by atoms with Gasteiger partial charge in [-0.05, 0) is 32.0 Å². The van der Waals surface area contributed by atoms with Crippen LogP contribution < -0.4 is 15.2 Å². The highest BCUT2D eigenvalue weighted by molar-refractivity contribution is 6.03. The van der Waals surface area contributed by atoms with Crippen LogP contribution >= 0.6 is 0 Å². The predicted octanol–water partition coefficient (Wildman–Crippen LogP) is 1.86. The molecule has 1 aromatic carbocycles. The number of aryl methyl sites for hydroxylation is 1. The van der Waals surface area contributed by atoms with Gasteiger partial charge in [-0.1, -0.05) is 0 Å². The highest BCUT2D eigenvalue weighted by Crippen LogP contribution is 2.33. The van der Waals surface area contributed by atoms with Gasteiger partial charge in [0.1, 0.15) is 5.75 Å². The first-order valence-electron chi connectivity index (χ1n) is 8.15.